The first-order valence-corrected chi connectivity index (χ1v) is 18.6. The van der Waals surface area contributed by atoms with Crippen molar-refractivity contribution in [2.24, 2.45) is 11.8 Å². The number of carbonyl (C=O) groups is 4. The molecule has 3 amide bonds. The summed E-state index contributed by atoms with van der Waals surface area (Å²) < 4.78 is 28.0. The van der Waals surface area contributed by atoms with Gasteiger partial charge in [-0.2, -0.15) is 0 Å². The van der Waals surface area contributed by atoms with Gasteiger partial charge in [0.15, 0.2) is 11.6 Å². The Morgan fingerprint density at radius 2 is 2.04 bits per heavy atom. The third kappa shape index (κ3) is 12.0. The molecule has 5 atom stereocenters. The number of aryl methyl sites for hydroxylation is 1. The van der Waals surface area contributed by atoms with Gasteiger partial charge in [0.2, 0.25) is 11.8 Å². The number of hydrogen-bond donors (Lipinski definition) is 3. The average Bonchev–Trinajstić information content (AvgIpc) is 3.94. The summed E-state index contributed by atoms with van der Waals surface area (Å²) >= 11 is 0. The quantitative estimate of drug-likeness (QED) is 0.225. The Kier molecular flexibility index (Phi) is 14.6. The van der Waals surface area contributed by atoms with Gasteiger partial charge < -0.3 is 29.8 Å². The molecular weight excluding hydrogens is 711 g/mol. The molecule has 3 aromatic rings. The summed E-state index contributed by atoms with van der Waals surface area (Å²) in [5.74, 6) is -2.88. The molecule has 5 rings (SSSR count). The van der Waals surface area contributed by atoms with E-state index in [-0.39, 0.29) is 55.8 Å². The van der Waals surface area contributed by atoms with E-state index < -0.39 is 48.1 Å². The number of ether oxygens (including phenoxy) is 1. The molecule has 2 bridgehead atoms. The number of pyridine rings is 1. The smallest absolute Gasteiger partial charge is 0.329 e. The zero-order valence-corrected chi connectivity index (χ0v) is 31.3. The normalized spacial score (nSPS) is 23.8. The molecule has 3 aromatic heterocycles. The van der Waals surface area contributed by atoms with Crippen LogP contribution in [-0.4, -0.2) is 103 Å². The summed E-state index contributed by atoms with van der Waals surface area (Å²) in [7, 11) is 0. The fraction of sp³-hybridized carbons (Fsp3) is 0.487. The van der Waals surface area contributed by atoms with E-state index in [0.717, 1.165) is 11.8 Å². The first-order chi connectivity index (χ1) is 26.5. The average molecular weight is 761 g/mol. The largest absolute Gasteiger partial charge is 0.460 e. The van der Waals surface area contributed by atoms with Crippen molar-refractivity contribution < 1.29 is 37.8 Å². The Morgan fingerprint density at radius 3 is 2.82 bits per heavy atom. The summed E-state index contributed by atoms with van der Waals surface area (Å²) in [4.78, 5) is 63.1. The number of aliphatic hydroxyl groups is 1. The van der Waals surface area contributed by atoms with E-state index in [1.807, 2.05) is 32.2 Å². The summed E-state index contributed by atoms with van der Waals surface area (Å²) in [5.41, 5.74) is 2.13. The van der Waals surface area contributed by atoms with Gasteiger partial charge in [0.1, 0.15) is 30.3 Å². The van der Waals surface area contributed by atoms with Crippen LogP contribution < -0.4 is 10.6 Å². The van der Waals surface area contributed by atoms with Crippen molar-refractivity contribution >= 4 is 23.7 Å². The van der Waals surface area contributed by atoms with Gasteiger partial charge in [-0.25, -0.2) is 14.2 Å². The molecule has 1 fully saturated rings. The maximum atomic E-state index is 14.8. The Bertz CT molecular complexity index is 1860. The fourth-order valence-electron chi connectivity index (χ4n) is 6.57. The second-order valence-corrected chi connectivity index (χ2v) is 14.1. The maximum Gasteiger partial charge on any atom is 0.329 e. The number of fused-ring (bicyclic) bond motifs is 3. The fourth-order valence-corrected chi connectivity index (χ4v) is 6.57. The molecule has 5 unspecified atom stereocenters. The van der Waals surface area contributed by atoms with Crippen LogP contribution in [0.1, 0.15) is 69.3 Å². The van der Waals surface area contributed by atoms with Crippen molar-refractivity contribution in [1.29, 1.82) is 0 Å². The van der Waals surface area contributed by atoms with Crippen LogP contribution in [0.4, 0.5) is 4.39 Å². The second-order valence-electron chi connectivity index (χ2n) is 14.1. The number of alkyl halides is 1. The van der Waals surface area contributed by atoms with E-state index in [9.17, 15) is 28.7 Å². The lowest BCUT2D eigenvalue weighted by Crippen LogP contribution is -2.44. The number of nitrogens with zero attached hydrogens (tertiary/aromatic N) is 6. The van der Waals surface area contributed by atoms with E-state index in [0.29, 0.717) is 43.6 Å². The zero-order valence-electron chi connectivity index (χ0n) is 31.3. The molecule has 15 nitrogen and oxygen atoms in total. The minimum Gasteiger partial charge on any atom is -0.460 e. The molecular formula is C39H49FN8O7. The van der Waals surface area contributed by atoms with Gasteiger partial charge in [0.05, 0.1) is 18.7 Å². The number of cyclic esters (lactones) is 1. The lowest BCUT2D eigenvalue weighted by atomic mass is 9.89. The SMILES string of the molecule is CC1=CC(O)CC(F)Cc2nc(co2)C(=O)N2CCCC2C(=O)OC(C(C)C)C(CC(=O)NCCCn2cc(-c3cccnc3)nn2)/C=C/C(=O)NCC=C1. The molecule has 5 heterocycles. The van der Waals surface area contributed by atoms with Crippen molar-refractivity contribution in [2.45, 2.75) is 90.3 Å². The van der Waals surface area contributed by atoms with Gasteiger partial charge in [-0.15, -0.1) is 5.10 Å². The van der Waals surface area contributed by atoms with Crippen LogP contribution in [0.3, 0.4) is 0 Å². The number of halogens is 1. The molecule has 55 heavy (non-hydrogen) atoms. The van der Waals surface area contributed by atoms with E-state index >= 15 is 0 Å². The number of hydrogen-bond acceptors (Lipinski definition) is 11. The Balaban J connectivity index is 1.29. The Labute approximate surface area is 319 Å². The standard InChI is InChI=1S/C39H49FN8O7/c1-25(2)37-27(19-35(51)43-15-7-16-47-23-31(45-46-47)28-9-5-13-41-22-28)11-12-34(50)42-14-4-8-26(3)18-30(49)20-29(40)21-36-44-32(24-54-36)38(52)48-17-6-10-33(48)39(53)55-37/h4-5,8-9,11-13,18,22-25,27,29-30,33,37,49H,6-7,10,14-17,19-21H2,1-3H3,(H,42,50)(H,43,51)/b8-4?,12-11+,26-18?. The molecule has 294 valence electrons. The van der Waals surface area contributed by atoms with Gasteiger partial charge in [-0.1, -0.05) is 48.9 Å². The third-order valence-electron chi connectivity index (χ3n) is 9.31. The van der Waals surface area contributed by atoms with Gasteiger partial charge in [0.25, 0.3) is 5.91 Å². The Hall–Kier alpha value is -5.51. The van der Waals surface area contributed by atoms with Crippen LogP contribution >= 0.6 is 0 Å². The monoisotopic (exact) mass is 760 g/mol. The van der Waals surface area contributed by atoms with Crippen LogP contribution in [0, 0.1) is 11.8 Å². The Morgan fingerprint density at radius 1 is 1.20 bits per heavy atom. The molecule has 2 aliphatic rings. The third-order valence-corrected chi connectivity index (χ3v) is 9.31. The molecule has 16 heteroatoms. The molecule has 2 aliphatic heterocycles. The van der Waals surface area contributed by atoms with Gasteiger partial charge in [-0.05, 0) is 50.3 Å². The van der Waals surface area contributed by atoms with Crippen molar-refractivity contribution in [1.82, 2.24) is 40.5 Å². The van der Waals surface area contributed by atoms with Crippen LogP contribution in [0.25, 0.3) is 11.3 Å². The molecule has 1 saturated heterocycles. The molecule has 0 aliphatic carbocycles. The molecule has 3 N–H and O–H groups in total. The van der Waals surface area contributed by atoms with E-state index in [2.05, 4.69) is 30.9 Å². The number of rotatable bonds is 8. The van der Waals surface area contributed by atoms with Crippen molar-refractivity contribution in [3.05, 3.63) is 84.5 Å². The number of carbonyl (C=O) groups excluding carboxylic acids is 4. The highest BCUT2D eigenvalue weighted by Crippen LogP contribution is 2.27. The van der Waals surface area contributed by atoms with Crippen LogP contribution in [0.2, 0.25) is 0 Å². The number of oxazole rings is 1. The number of allylic oxidation sites excluding steroid dienone is 2. The van der Waals surface area contributed by atoms with E-state index in [1.165, 1.54) is 17.1 Å². The highest BCUT2D eigenvalue weighted by Gasteiger charge is 2.39. The summed E-state index contributed by atoms with van der Waals surface area (Å²) in [6.07, 6.45) is 11.6. The zero-order chi connectivity index (χ0) is 39.3. The lowest BCUT2D eigenvalue weighted by Gasteiger charge is -2.31. The van der Waals surface area contributed by atoms with Gasteiger partial charge in [0, 0.05) is 62.9 Å². The number of nitrogens with one attached hydrogen (secondary N) is 2. The topological polar surface area (TPSA) is 195 Å². The number of aromatic nitrogens is 5. The lowest BCUT2D eigenvalue weighted by molar-refractivity contribution is -0.159. The minimum atomic E-state index is -1.50. The predicted octanol–water partition coefficient (Wildman–Crippen LogP) is 3.53. The van der Waals surface area contributed by atoms with Crippen molar-refractivity contribution in [3.63, 3.8) is 0 Å². The van der Waals surface area contributed by atoms with Crippen LogP contribution in [0.5, 0.6) is 0 Å². The van der Waals surface area contributed by atoms with E-state index in [4.69, 9.17) is 9.15 Å². The molecule has 0 spiro atoms. The maximum absolute atomic E-state index is 14.8. The summed E-state index contributed by atoms with van der Waals surface area (Å²) in [6, 6.07) is 2.80. The molecule has 0 radical (unpaired) electrons. The number of esters is 1. The van der Waals surface area contributed by atoms with Gasteiger partial charge >= 0.3 is 5.97 Å². The van der Waals surface area contributed by atoms with E-state index in [1.54, 1.807) is 42.2 Å². The first-order valence-electron chi connectivity index (χ1n) is 18.6. The van der Waals surface area contributed by atoms with Crippen molar-refractivity contribution in [2.75, 3.05) is 19.6 Å². The highest BCUT2D eigenvalue weighted by molar-refractivity contribution is 5.95. The van der Waals surface area contributed by atoms with Gasteiger partial charge in [-0.3, -0.25) is 24.0 Å². The van der Waals surface area contributed by atoms with Crippen LogP contribution in [0.15, 0.2) is 77.4 Å². The summed E-state index contributed by atoms with van der Waals surface area (Å²) in [6.45, 7) is 6.74. The number of aliphatic hydroxyl groups excluding tert-OH is 1. The predicted molar refractivity (Wildman–Crippen MR) is 199 cm³/mol. The van der Waals surface area contributed by atoms with Crippen LogP contribution in [-0.2, 0) is 32.1 Å². The summed E-state index contributed by atoms with van der Waals surface area (Å²) in [5, 5.41) is 24.4. The van der Waals surface area contributed by atoms with Crippen molar-refractivity contribution in [3.8, 4) is 11.3 Å². The molecule has 0 aromatic carbocycles. The minimum absolute atomic E-state index is 0.00255. The highest BCUT2D eigenvalue weighted by atomic mass is 19.1. The molecule has 0 saturated carbocycles. The first kappa shape index (κ1) is 40.7. The second kappa shape index (κ2) is 19.7. The number of amides is 3.